The fraction of sp³-hybridized carbons (Fsp3) is 0.462. The Bertz CT molecular complexity index is 1470. The summed E-state index contributed by atoms with van der Waals surface area (Å²) in [7, 11) is -7.71. The van der Waals surface area contributed by atoms with Gasteiger partial charge in [0.1, 0.15) is 23.3 Å². The fourth-order valence-corrected chi connectivity index (χ4v) is 5.68. The van der Waals surface area contributed by atoms with Crippen LogP contribution in [0.3, 0.4) is 0 Å². The Morgan fingerprint density at radius 2 is 1.34 bits per heavy atom. The third-order valence-corrected chi connectivity index (χ3v) is 8.73. The number of amidine groups is 1. The Morgan fingerprint density at radius 1 is 0.805 bits per heavy atom. The molecule has 41 heavy (non-hydrogen) atoms. The van der Waals surface area contributed by atoms with Crippen LogP contribution >= 0.6 is 0 Å². The number of rotatable bonds is 17. The van der Waals surface area contributed by atoms with E-state index < -0.39 is 25.9 Å². The van der Waals surface area contributed by atoms with Gasteiger partial charge in [0.2, 0.25) is 20.0 Å². The van der Waals surface area contributed by atoms with Crippen molar-refractivity contribution < 1.29 is 27.0 Å². The number of phenols is 2. The molecule has 0 fully saturated rings. The molecule has 2 rings (SSSR count). The summed E-state index contributed by atoms with van der Waals surface area (Å²) in [5, 5.41) is 40.7. The summed E-state index contributed by atoms with van der Waals surface area (Å²) in [6, 6.07) is 8.67. The molecule has 2 aromatic rings. The van der Waals surface area contributed by atoms with Crippen LogP contribution in [0, 0.1) is 11.3 Å². The standard InChI is InChI=1S/C26H37N7O6S2/c1-3-5-7-9-15-28-40(36,37)20-11-13-24(34)22(17-20)30-32-26(19-27)33-31-23-18-21(12-14-25(23)35)41(38,39)29-16-10-8-6-4-2/h11-14,17-18,28-30,34-35H,3-10,15-16H2,1-2H3. The van der Waals surface area contributed by atoms with Gasteiger partial charge in [-0.2, -0.15) is 5.26 Å². The van der Waals surface area contributed by atoms with Crippen LogP contribution < -0.4 is 14.9 Å². The first-order chi connectivity index (χ1) is 19.5. The van der Waals surface area contributed by atoms with Crippen molar-refractivity contribution in [2.24, 2.45) is 15.3 Å². The van der Waals surface area contributed by atoms with E-state index in [0.29, 0.717) is 12.8 Å². The normalized spacial score (nSPS) is 12.5. The van der Waals surface area contributed by atoms with Crippen LogP contribution in [0.15, 0.2) is 61.5 Å². The number of hydrogen-bond donors (Lipinski definition) is 5. The van der Waals surface area contributed by atoms with E-state index in [1.165, 1.54) is 18.2 Å². The van der Waals surface area contributed by atoms with Gasteiger partial charge < -0.3 is 10.2 Å². The number of phenolic OH excluding ortho intramolecular Hbond substituents is 2. The average molecular weight is 608 g/mol. The van der Waals surface area contributed by atoms with Crippen molar-refractivity contribution in [1.82, 2.24) is 9.44 Å². The Kier molecular flexibility index (Phi) is 13.6. The van der Waals surface area contributed by atoms with Crippen LogP contribution in [0.5, 0.6) is 11.5 Å². The van der Waals surface area contributed by atoms with Crippen LogP contribution in [-0.4, -0.2) is 46.0 Å². The van der Waals surface area contributed by atoms with E-state index >= 15 is 0 Å². The summed E-state index contributed by atoms with van der Waals surface area (Å²) >= 11 is 0. The first kappa shape index (κ1) is 33.6. The molecule has 0 radical (unpaired) electrons. The third kappa shape index (κ3) is 11.1. The van der Waals surface area contributed by atoms with Crippen LogP contribution in [0.25, 0.3) is 0 Å². The van der Waals surface area contributed by atoms with Crippen molar-refractivity contribution in [3.63, 3.8) is 0 Å². The van der Waals surface area contributed by atoms with E-state index in [-0.39, 0.29) is 45.8 Å². The van der Waals surface area contributed by atoms with Gasteiger partial charge in [-0.15, -0.1) is 15.3 Å². The Labute approximate surface area is 241 Å². The number of hydrazone groups is 1. The van der Waals surface area contributed by atoms with Gasteiger partial charge in [-0.25, -0.2) is 26.3 Å². The summed E-state index contributed by atoms with van der Waals surface area (Å²) in [6.45, 7) is 4.65. The smallest absolute Gasteiger partial charge is 0.270 e. The maximum atomic E-state index is 12.6. The van der Waals surface area contributed by atoms with E-state index in [9.17, 15) is 32.3 Å². The quantitative estimate of drug-likeness (QED) is 0.0418. The number of sulfonamides is 2. The minimum Gasteiger partial charge on any atom is -0.506 e. The molecule has 0 spiro atoms. The van der Waals surface area contributed by atoms with Gasteiger partial charge in [-0.3, -0.25) is 5.43 Å². The molecule has 0 unspecified atom stereocenters. The highest BCUT2D eigenvalue weighted by Crippen LogP contribution is 2.30. The number of nitrogens with one attached hydrogen (secondary N) is 3. The number of nitrogens with zero attached hydrogens (tertiary/aromatic N) is 4. The van der Waals surface area contributed by atoms with E-state index in [1.807, 2.05) is 0 Å². The minimum absolute atomic E-state index is 0.109. The van der Waals surface area contributed by atoms with Crippen molar-refractivity contribution >= 4 is 37.3 Å². The molecule has 0 atom stereocenters. The van der Waals surface area contributed by atoms with Crippen LogP contribution in [0.4, 0.5) is 11.4 Å². The predicted octanol–water partition coefficient (Wildman–Crippen LogP) is 4.85. The molecule has 0 bridgehead atoms. The van der Waals surface area contributed by atoms with E-state index in [0.717, 1.165) is 56.7 Å². The maximum Gasteiger partial charge on any atom is 0.270 e. The van der Waals surface area contributed by atoms with Gasteiger partial charge >= 0.3 is 0 Å². The molecule has 0 amide bonds. The molecule has 0 aliphatic rings. The molecule has 0 aliphatic heterocycles. The molecular formula is C26H37N7O6S2. The van der Waals surface area contributed by atoms with Gasteiger partial charge in [-0.05, 0) is 49.2 Å². The van der Waals surface area contributed by atoms with E-state index in [4.69, 9.17) is 0 Å². The lowest BCUT2D eigenvalue weighted by molar-refractivity contribution is 0.475. The molecule has 15 heteroatoms. The molecule has 2 aromatic carbocycles. The van der Waals surface area contributed by atoms with Crippen LogP contribution in [0.2, 0.25) is 0 Å². The Balaban J connectivity index is 2.15. The maximum absolute atomic E-state index is 12.6. The van der Waals surface area contributed by atoms with Crippen molar-refractivity contribution in [3.8, 4) is 17.6 Å². The number of anilines is 1. The minimum atomic E-state index is -3.86. The zero-order valence-corrected chi connectivity index (χ0v) is 24.8. The molecule has 0 saturated carbocycles. The molecule has 224 valence electrons. The highest BCUT2D eigenvalue weighted by atomic mass is 32.2. The number of nitriles is 1. The second kappa shape index (κ2) is 16.6. The van der Waals surface area contributed by atoms with Gasteiger partial charge in [0.05, 0.1) is 15.5 Å². The number of aromatic hydroxyl groups is 2. The topological polar surface area (TPSA) is 206 Å². The van der Waals surface area contributed by atoms with Crippen molar-refractivity contribution in [3.05, 3.63) is 36.4 Å². The molecule has 0 aromatic heterocycles. The summed E-state index contributed by atoms with van der Waals surface area (Å²) < 4.78 is 55.4. The largest absolute Gasteiger partial charge is 0.506 e. The van der Waals surface area contributed by atoms with Gasteiger partial charge in [0.25, 0.3) is 5.84 Å². The zero-order chi connectivity index (χ0) is 30.3. The van der Waals surface area contributed by atoms with Gasteiger partial charge in [-0.1, -0.05) is 52.4 Å². The van der Waals surface area contributed by atoms with Crippen molar-refractivity contribution in [2.75, 3.05) is 18.5 Å². The molecule has 0 aliphatic carbocycles. The molecule has 0 saturated heterocycles. The van der Waals surface area contributed by atoms with Gasteiger partial charge in [0.15, 0.2) is 0 Å². The number of hydrogen-bond acceptors (Lipinski definition) is 10. The summed E-state index contributed by atoms with van der Waals surface area (Å²) in [6.07, 6.45) is 7.23. The van der Waals surface area contributed by atoms with Crippen LogP contribution in [0.1, 0.15) is 65.2 Å². The second-order valence-corrected chi connectivity index (χ2v) is 12.6. The summed E-state index contributed by atoms with van der Waals surface area (Å²) in [4.78, 5) is -0.263. The van der Waals surface area contributed by atoms with Crippen molar-refractivity contribution in [1.29, 1.82) is 5.26 Å². The molecule has 0 heterocycles. The lowest BCUT2D eigenvalue weighted by atomic mass is 10.2. The van der Waals surface area contributed by atoms with Gasteiger partial charge in [0, 0.05) is 13.1 Å². The predicted molar refractivity (Wildman–Crippen MR) is 156 cm³/mol. The Morgan fingerprint density at radius 3 is 1.88 bits per heavy atom. The molecule has 5 N–H and O–H groups in total. The Hall–Kier alpha value is -3.58. The first-order valence-corrected chi connectivity index (χ1v) is 16.3. The SMILES string of the molecule is CCCCCCNS(=O)(=O)c1ccc(O)c(N=NC(C#N)=NNc2cc(S(=O)(=O)NCCCCCC)ccc2O)c1. The lowest BCUT2D eigenvalue weighted by Crippen LogP contribution is -2.24. The second-order valence-electron chi connectivity index (χ2n) is 9.11. The van der Waals surface area contributed by atoms with E-state index in [1.54, 1.807) is 6.07 Å². The van der Waals surface area contributed by atoms with Crippen LogP contribution in [-0.2, 0) is 20.0 Å². The average Bonchev–Trinajstić information content (AvgIpc) is 2.94. The fourth-order valence-electron chi connectivity index (χ4n) is 3.49. The first-order valence-electron chi connectivity index (χ1n) is 13.3. The number of unbranched alkanes of at least 4 members (excludes halogenated alkanes) is 6. The van der Waals surface area contributed by atoms with E-state index in [2.05, 4.69) is 44.0 Å². The highest BCUT2D eigenvalue weighted by molar-refractivity contribution is 7.89. The summed E-state index contributed by atoms with van der Waals surface area (Å²) in [5.41, 5.74) is 2.06. The van der Waals surface area contributed by atoms with Crippen molar-refractivity contribution in [2.45, 2.75) is 75.0 Å². The third-order valence-electron chi connectivity index (χ3n) is 5.82. The highest BCUT2D eigenvalue weighted by Gasteiger charge is 2.17. The number of azo groups is 1. The molecule has 13 nitrogen and oxygen atoms in total. The zero-order valence-electron chi connectivity index (χ0n) is 23.2. The molecular weight excluding hydrogens is 570 g/mol. The monoisotopic (exact) mass is 607 g/mol. The summed E-state index contributed by atoms with van der Waals surface area (Å²) in [5.74, 6) is -1.25. The number of benzene rings is 2. The lowest BCUT2D eigenvalue weighted by Gasteiger charge is -2.09.